The number of carboxylic acid groups (broad SMARTS) is 1. The molecule has 0 saturated heterocycles. The van der Waals surface area contributed by atoms with E-state index in [1.54, 1.807) is 0 Å². The van der Waals surface area contributed by atoms with Crippen LogP contribution >= 0.6 is 0 Å². The van der Waals surface area contributed by atoms with Gasteiger partial charge in [0.05, 0.1) is 0 Å². The third-order valence-corrected chi connectivity index (χ3v) is 4.60. The highest BCUT2D eigenvalue weighted by Crippen LogP contribution is 2.41. The molecule has 1 aromatic carbocycles. The van der Waals surface area contributed by atoms with Crippen molar-refractivity contribution in [2.24, 2.45) is 0 Å². The first-order valence-electron chi connectivity index (χ1n) is 6.80. The molecule has 100 valence electrons. The fourth-order valence-corrected chi connectivity index (χ4v) is 3.36. The van der Waals surface area contributed by atoms with Crippen LogP contribution in [0.4, 0.5) is 0 Å². The molecular formula is C16H19NO2. The lowest BCUT2D eigenvalue weighted by Gasteiger charge is -2.29. The Kier molecular flexibility index (Phi) is 2.49. The monoisotopic (exact) mass is 257 g/mol. The minimum atomic E-state index is -0.772. The van der Waals surface area contributed by atoms with Gasteiger partial charge in [-0.05, 0) is 56.7 Å². The number of nitrogens with one attached hydrogen (secondary N) is 1. The van der Waals surface area contributed by atoms with Crippen LogP contribution in [0.1, 0.15) is 42.1 Å². The van der Waals surface area contributed by atoms with Gasteiger partial charge in [0.1, 0.15) is 5.41 Å². The number of carbonyl (C=O) groups is 1. The van der Waals surface area contributed by atoms with Gasteiger partial charge in [-0.3, -0.25) is 4.79 Å². The summed E-state index contributed by atoms with van der Waals surface area (Å²) in [5, 5.41) is 10.8. The Balaban J connectivity index is 2.39. The van der Waals surface area contributed by atoms with Gasteiger partial charge in [0, 0.05) is 16.6 Å². The summed E-state index contributed by atoms with van der Waals surface area (Å²) in [5.41, 5.74) is 4.88. The molecule has 19 heavy (non-hydrogen) atoms. The number of aromatic amines is 1. The second-order valence-electron chi connectivity index (χ2n) is 5.92. The number of hydrogen-bond acceptors (Lipinski definition) is 1. The Morgan fingerprint density at radius 1 is 1.32 bits per heavy atom. The molecule has 0 bridgehead atoms. The number of H-pyrrole nitrogens is 1. The minimum Gasteiger partial charge on any atom is -0.481 e. The lowest BCUT2D eigenvalue weighted by molar-refractivity contribution is -0.143. The van der Waals surface area contributed by atoms with Crippen LogP contribution in [0, 0.1) is 13.8 Å². The quantitative estimate of drug-likeness (QED) is 0.822. The number of benzene rings is 1. The fraction of sp³-hybridized carbons (Fsp3) is 0.438. The average molecular weight is 257 g/mol. The first kappa shape index (κ1) is 12.3. The normalized spacial score (nSPS) is 22.5. The molecule has 3 rings (SSSR count). The van der Waals surface area contributed by atoms with E-state index in [-0.39, 0.29) is 0 Å². The van der Waals surface area contributed by atoms with E-state index in [9.17, 15) is 9.90 Å². The van der Waals surface area contributed by atoms with Gasteiger partial charge in [-0.2, -0.15) is 0 Å². The predicted octanol–water partition coefficient (Wildman–Crippen LogP) is 3.46. The van der Waals surface area contributed by atoms with Crippen molar-refractivity contribution in [3.05, 3.63) is 34.5 Å². The van der Waals surface area contributed by atoms with Gasteiger partial charge in [-0.1, -0.05) is 12.1 Å². The molecule has 1 aliphatic rings. The molecule has 0 fully saturated rings. The zero-order chi connectivity index (χ0) is 13.8. The second kappa shape index (κ2) is 3.86. The first-order valence-corrected chi connectivity index (χ1v) is 6.80. The van der Waals surface area contributed by atoms with Gasteiger partial charge < -0.3 is 10.1 Å². The molecule has 0 spiro atoms. The number of rotatable bonds is 1. The molecule has 0 radical (unpaired) electrons. The Bertz CT molecular complexity index is 684. The van der Waals surface area contributed by atoms with Crippen LogP contribution in [0.3, 0.4) is 0 Å². The number of aromatic nitrogens is 1. The van der Waals surface area contributed by atoms with Gasteiger partial charge >= 0.3 is 5.97 Å². The maximum atomic E-state index is 11.7. The van der Waals surface area contributed by atoms with Crippen LogP contribution in [0.5, 0.6) is 0 Å². The van der Waals surface area contributed by atoms with E-state index < -0.39 is 11.4 Å². The predicted molar refractivity (Wildman–Crippen MR) is 75.7 cm³/mol. The largest absolute Gasteiger partial charge is 0.481 e. The maximum absolute atomic E-state index is 11.7. The van der Waals surface area contributed by atoms with E-state index in [1.807, 2.05) is 6.92 Å². The topological polar surface area (TPSA) is 53.1 Å². The molecule has 0 aliphatic heterocycles. The van der Waals surface area contributed by atoms with E-state index in [2.05, 4.69) is 31.0 Å². The number of carboxylic acids is 1. The van der Waals surface area contributed by atoms with E-state index in [4.69, 9.17) is 0 Å². The van der Waals surface area contributed by atoms with Crippen molar-refractivity contribution in [2.75, 3.05) is 0 Å². The van der Waals surface area contributed by atoms with Crippen LogP contribution in [0.2, 0.25) is 0 Å². The zero-order valence-electron chi connectivity index (χ0n) is 11.6. The van der Waals surface area contributed by atoms with Crippen molar-refractivity contribution in [3.8, 4) is 0 Å². The van der Waals surface area contributed by atoms with E-state index in [0.717, 1.165) is 24.1 Å². The molecule has 3 heteroatoms. The molecule has 3 nitrogen and oxygen atoms in total. The van der Waals surface area contributed by atoms with Crippen molar-refractivity contribution in [2.45, 2.75) is 45.4 Å². The smallest absolute Gasteiger partial charge is 0.315 e. The third-order valence-electron chi connectivity index (χ3n) is 4.60. The molecule has 1 aromatic heterocycles. The molecule has 1 atom stereocenters. The van der Waals surface area contributed by atoms with Crippen molar-refractivity contribution < 1.29 is 9.90 Å². The Hall–Kier alpha value is -1.77. The molecule has 2 N–H and O–H groups in total. The van der Waals surface area contributed by atoms with E-state index in [0.29, 0.717) is 6.42 Å². The number of fused-ring (bicyclic) bond motifs is 3. The van der Waals surface area contributed by atoms with Gasteiger partial charge in [0.2, 0.25) is 0 Å². The van der Waals surface area contributed by atoms with Crippen molar-refractivity contribution in [3.63, 3.8) is 0 Å². The highest BCUT2D eigenvalue weighted by Gasteiger charge is 2.41. The fourth-order valence-electron chi connectivity index (χ4n) is 3.36. The van der Waals surface area contributed by atoms with Gasteiger partial charge in [-0.25, -0.2) is 0 Å². The highest BCUT2D eigenvalue weighted by atomic mass is 16.4. The third kappa shape index (κ3) is 1.54. The van der Waals surface area contributed by atoms with Crippen LogP contribution in [0.25, 0.3) is 10.9 Å². The molecule has 0 amide bonds. The second-order valence-corrected chi connectivity index (χ2v) is 5.92. The van der Waals surface area contributed by atoms with Gasteiger partial charge in [0.25, 0.3) is 0 Å². The Labute approximate surface area is 112 Å². The van der Waals surface area contributed by atoms with Crippen LogP contribution < -0.4 is 0 Å². The Morgan fingerprint density at radius 2 is 2.00 bits per heavy atom. The highest BCUT2D eigenvalue weighted by molar-refractivity contribution is 5.93. The van der Waals surface area contributed by atoms with Crippen molar-refractivity contribution in [1.29, 1.82) is 0 Å². The van der Waals surface area contributed by atoms with E-state index >= 15 is 0 Å². The molecule has 0 saturated carbocycles. The van der Waals surface area contributed by atoms with Crippen LogP contribution in [-0.2, 0) is 16.6 Å². The lowest BCUT2D eigenvalue weighted by Crippen LogP contribution is -2.36. The van der Waals surface area contributed by atoms with Crippen LogP contribution in [-0.4, -0.2) is 16.1 Å². The summed E-state index contributed by atoms with van der Waals surface area (Å²) in [6.07, 6.45) is 2.62. The number of aliphatic carboxylic acids is 1. The molecular weight excluding hydrogens is 238 g/mol. The summed E-state index contributed by atoms with van der Waals surface area (Å²) in [7, 11) is 0. The van der Waals surface area contributed by atoms with Gasteiger partial charge in [0.15, 0.2) is 0 Å². The van der Waals surface area contributed by atoms with Crippen LogP contribution in [0.15, 0.2) is 12.1 Å². The van der Waals surface area contributed by atoms with E-state index in [1.165, 1.54) is 22.1 Å². The maximum Gasteiger partial charge on any atom is 0.315 e. The van der Waals surface area contributed by atoms with Gasteiger partial charge in [-0.15, -0.1) is 0 Å². The molecule has 2 aromatic rings. The minimum absolute atomic E-state index is 0.709. The average Bonchev–Trinajstić information content (AvgIpc) is 2.76. The number of hydrogen-bond donors (Lipinski definition) is 2. The molecule has 1 heterocycles. The zero-order valence-corrected chi connectivity index (χ0v) is 11.6. The summed E-state index contributed by atoms with van der Waals surface area (Å²) >= 11 is 0. The summed E-state index contributed by atoms with van der Waals surface area (Å²) in [6.45, 7) is 6.01. The SMILES string of the molecule is Cc1ccc(C)c2c3c([nH]c12)C(C)(C(=O)O)CCC3. The summed E-state index contributed by atoms with van der Waals surface area (Å²) < 4.78 is 0. The summed E-state index contributed by atoms with van der Waals surface area (Å²) in [5.74, 6) is -0.727. The Morgan fingerprint density at radius 3 is 2.68 bits per heavy atom. The number of aryl methyl sites for hydroxylation is 3. The molecule has 1 unspecified atom stereocenters. The van der Waals surface area contributed by atoms with Crippen molar-refractivity contribution in [1.82, 2.24) is 4.98 Å². The summed E-state index contributed by atoms with van der Waals surface area (Å²) in [4.78, 5) is 15.1. The molecule has 1 aliphatic carbocycles. The van der Waals surface area contributed by atoms with Crippen molar-refractivity contribution >= 4 is 16.9 Å². The lowest BCUT2D eigenvalue weighted by atomic mass is 9.74. The standard InChI is InChI=1S/C16H19NO2/c1-9-6-7-10(2)13-12(9)11-5-4-8-16(3,15(18)19)14(11)17-13/h6-7,17H,4-5,8H2,1-3H3,(H,18,19). The summed E-state index contributed by atoms with van der Waals surface area (Å²) in [6, 6.07) is 4.22. The first-order chi connectivity index (χ1) is 8.95.